The molecule has 1 aromatic heterocycles. The Kier molecular flexibility index (Phi) is 13.1. The van der Waals surface area contributed by atoms with Crippen molar-refractivity contribution in [1.29, 1.82) is 0 Å². The number of rotatable bonds is 17. The van der Waals surface area contributed by atoms with Crippen molar-refractivity contribution < 1.29 is 14.3 Å². The fourth-order valence-electron chi connectivity index (χ4n) is 4.22. The van der Waals surface area contributed by atoms with Crippen LogP contribution < -0.4 is 9.47 Å². The summed E-state index contributed by atoms with van der Waals surface area (Å²) in [6, 6.07) is 14.3. The summed E-state index contributed by atoms with van der Waals surface area (Å²) in [5.74, 6) is 2.78. The number of unbranched alkanes of at least 4 members (excludes halogenated alkanes) is 5. The lowest BCUT2D eigenvalue weighted by Gasteiger charge is -2.10. The van der Waals surface area contributed by atoms with Gasteiger partial charge in [0.1, 0.15) is 11.5 Å². The van der Waals surface area contributed by atoms with Gasteiger partial charge in [0.15, 0.2) is 5.82 Å². The minimum atomic E-state index is -0.408. The number of carbonyl (C=O) groups excluding carboxylic acids is 1. The highest BCUT2D eigenvalue weighted by Gasteiger charge is 2.10. The topological polar surface area (TPSA) is 61.3 Å². The first-order valence-corrected chi connectivity index (χ1v) is 14.5. The average Bonchev–Trinajstić information content (AvgIpc) is 2.94. The molecule has 0 saturated heterocycles. The predicted octanol–water partition coefficient (Wildman–Crippen LogP) is 8.69. The van der Waals surface area contributed by atoms with Gasteiger partial charge < -0.3 is 9.47 Å². The third-order valence-electron chi connectivity index (χ3n) is 6.65. The van der Waals surface area contributed by atoms with Gasteiger partial charge in [0, 0.05) is 23.8 Å². The van der Waals surface area contributed by atoms with Gasteiger partial charge in [-0.2, -0.15) is 0 Å². The van der Waals surface area contributed by atoms with Crippen molar-refractivity contribution in [2.75, 3.05) is 12.5 Å². The van der Waals surface area contributed by atoms with E-state index in [0.29, 0.717) is 35.5 Å². The summed E-state index contributed by atoms with van der Waals surface area (Å²) in [5.41, 5.74) is 2.53. The molecule has 0 amide bonds. The van der Waals surface area contributed by atoms with Crippen LogP contribution in [0.15, 0.2) is 60.9 Å². The Balaban J connectivity index is 1.43. The van der Waals surface area contributed by atoms with E-state index in [2.05, 4.69) is 23.8 Å². The molecule has 0 bridgehead atoms. The summed E-state index contributed by atoms with van der Waals surface area (Å²) >= 11 is 5.79. The summed E-state index contributed by atoms with van der Waals surface area (Å²) in [7, 11) is 0. The lowest BCUT2D eigenvalue weighted by molar-refractivity contribution is 0.0734. The maximum absolute atomic E-state index is 12.6. The van der Waals surface area contributed by atoms with E-state index in [1.165, 1.54) is 44.1 Å². The maximum atomic E-state index is 12.6. The van der Waals surface area contributed by atoms with Gasteiger partial charge in [-0.15, -0.1) is 11.6 Å². The zero-order valence-corrected chi connectivity index (χ0v) is 23.6. The van der Waals surface area contributed by atoms with Crippen LogP contribution in [-0.4, -0.2) is 28.4 Å². The summed E-state index contributed by atoms with van der Waals surface area (Å²) in [5, 5.41) is 0. The van der Waals surface area contributed by atoms with E-state index in [9.17, 15) is 4.79 Å². The van der Waals surface area contributed by atoms with Crippen LogP contribution in [0.2, 0.25) is 0 Å². The van der Waals surface area contributed by atoms with Gasteiger partial charge >= 0.3 is 5.97 Å². The van der Waals surface area contributed by atoms with Crippen LogP contribution >= 0.6 is 11.6 Å². The fourth-order valence-corrected chi connectivity index (χ4v) is 4.59. The molecule has 0 aliphatic rings. The number of halogens is 1. The molecule has 2 aromatic carbocycles. The maximum Gasteiger partial charge on any atom is 0.343 e. The van der Waals surface area contributed by atoms with Crippen LogP contribution in [0.5, 0.6) is 11.5 Å². The number of esters is 1. The molecule has 38 heavy (non-hydrogen) atoms. The quantitative estimate of drug-likeness (QED) is 0.0747. The molecule has 0 N–H and O–H groups in total. The largest absolute Gasteiger partial charge is 0.494 e. The number of hydrogen-bond acceptors (Lipinski definition) is 5. The second-order valence-electron chi connectivity index (χ2n) is 9.94. The van der Waals surface area contributed by atoms with Crippen LogP contribution in [0.4, 0.5) is 0 Å². The summed E-state index contributed by atoms with van der Waals surface area (Å²) in [6.45, 7) is 5.09. The SMILES string of the molecule is CCCCCCCCc1cnc(-c2ccc(OC(=O)c3ccc(OCCC[C@@H](C)CCCl)cc3)cc2)nc1. The molecule has 1 atom stereocenters. The predicted molar refractivity (Wildman–Crippen MR) is 155 cm³/mol. The van der Waals surface area contributed by atoms with E-state index in [1.807, 2.05) is 24.5 Å². The molecule has 0 aliphatic carbocycles. The Hall–Kier alpha value is -2.92. The molecule has 3 rings (SSSR count). The summed E-state index contributed by atoms with van der Waals surface area (Å²) in [4.78, 5) is 21.6. The van der Waals surface area contributed by atoms with Gasteiger partial charge in [-0.3, -0.25) is 0 Å². The molecule has 0 spiro atoms. The second-order valence-corrected chi connectivity index (χ2v) is 10.3. The van der Waals surface area contributed by atoms with Crippen molar-refractivity contribution in [2.45, 2.75) is 78.1 Å². The van der Waals surface area contributed by atoms with Gasteiger partial charge in [0.05, 0.1) is 12.2 Å². The van der Waals surface area contributed by atoms with Crippen LogP contribution in [0.1, 0.15) is 87.6 Å². The van der Waals surface area contributed by atoms with E-state index in [4.69, 9.17) is 21.1 Å². The molecule has 0 fully saturated rings. The lowest BCUT2D eigenvalue weighted by atomic mass is 10.0. The number of alkyl halides is 1. The van der Waals surface area contributed by atoms with Gasteiger partial charge in [-0.25, -0.2) is 14.8 Å². The van der Waals surface area contributed by atoms with E-state index in [1.54, 1.807) is 36.4 Å². The molecular weight excluding hydrogens is 496 g/mol. The van der Waals surface area contributed by atoms with Crippen LogP contribution in [0, 0.1) is 5.92 Å². The van der Waals surface area contributed by atoms with Crippen molar-refractivity contribution in [3.05, 3.63) is 72.1 Å². The molecule has 6 heteroatoms. The molecule has 0 saturated carbocycles. The minimum absolute atomic E-state index is 0.408. The van der Waals surface area contributed by atoms with Gasteiger partial charge in [0.25, 0.3) is 0 Å². The highest BCUT2D eigenvalue weighted by molar-refractivity contribution is 6.17. The third-order valence-corrected chi connectivity index (χ3v) is 6.87. The minimum Gasteiger partial charge on any atom is -0.494 e. The van der Waals surface area contributed by atoms with Gasteiger partial charge in [0.2, 0.25) is 0 Å². The molecule has 0 aliphatic heterocycles. The Bertz CT molecular complexity index is 1070. The van der Waals surface area contributed by atoms with Crippen molar-refractivity contribution in [3.8, 4) is 22.9 Å². The Labute approximate surface area is 233 Å². The van der Waals surface area contributed by atoms with Crippen molar-refractivity contribution in [3.63, 3.8) is 0 Å². The molecule has 0 radical (unpaired) electrons. The first-order chi connectivity index (χ1) is 18.6. The second kappa shape index (κ2) is 16.8. The number of carbonyl (C=O) groups is 1. The molecule has 3 aromatic rings. The lowest BCUT2D eigenvalue weighted by Crippen LogP contribution is -2.08. The first kappa shape index (κ1) is 29.6. The number of hydrogen-bond donors (Lipinski definition) is 0. The van der Waals surface area contributed by atoms with Gasteiger partial charge in [-0.05, 0) is 92.1 Å². The number of aryl methyl sites for hydroxylation is 1. The third kappa shape index (κ3) is 10.4. The van der Waals surface area contributed by atoms with E-state index < -0.39 is 5.97 Å². The Morgan fingerprint density at radius 3 is 2.18 bits per heavy atom. The monoisotopic (exact) mass is 536 g/mol. The van der Waals surface area contributed by atoms with E-state index >= 15 is 0 Å². The van der Waals surface area contributed by atoms with E-state index in [-0.39, 0.29) is 0 Å². The van der Waals surface area contributed by atoms with Crippen molar-refractivity contribution in [2.24, 2.45) is 5.92 Å². The summed E-state index contributed by atoms with van der Waals surface area (Å²) in [6.07, 6.45) is 15.6. The molecular formula is C32H41ClN2O3. The Morgan fingerprint density at radius 1 is 0.842 bits per heavy atom. The Morgan fingerprint density at radius 2 is 1.50 bits per heavy atom. The highest BCUT2D eigenvalue weighted by atomic mass is 35.5. The van der Waals surface area contributed by atoms with E-state index in [0.717, 1.165) is 37.0 Å². The fraction of sp³-hybridized carbons (Fsp3) is 0.469. The first-order valence-electron chi connectivity index (χ1n) is 14.0. The van der Waals surface area contributed by atoms with Crippen LogP contribution in [0.25, 0.3) is 11.4 Å². The van der Waals surface area contributed by atoms with Crippen LogP contribution in [0.3, 0.4) is 0 Å². The molecule has 5 nitrogen and oxygen atoms in total. The zero-order chi connectivity index (χ0) is 27.0. The molecule has 1 heterocycles. The number of benzene rings is 2. The number of ether oxygens (including phenoxy) is 2. The zero-order valence-electron chi connectivity index (χ0n) is 22.8. The van der Waals surface area contributed by atoms with Crippen molar-refractivity contribution >= 4 is 17.6 Å². The molecule has 0 unspecified atom stereocenters. The number of aromatic nitrogens is 2. The molecule has 204 valence electrons. The highest BCUT2D eigenvalue weighted by Crippen LogP contribution is 2.21. The number of nitrogens with zero attached hydrogens (tertiary/aromatic N) is 2. The van der Waals surface area contributed by atoms with Gasteiger partial charge in [-0.1, -0.05) is 46.0 Å². The normalized spacial score (nSPS) is 11.8. The smallest absolute Gasteiger partial charge is 0.343 e. The van der Waals surface area contributed by atoms with Crippen LogP contribution in [-0.2, 0) is 6.42 Å². The summed E-state index contributed by atoms with van der Waals surface area (Å²) < 4.78 is 11.3. The standard InChI is InChI=1S/C32H41ClN2O3/c1-3-4-5-6-7-8-11-26-23-34-31(35-24-26)27-12-18-30(19-13-27)38-32(36)28-14-16-29(17-15-28)37-22-9-10-25(2)20-21-33/h12-19,23-25H,3-11,20-22H2,1-2H3/t25-/m1/s1. The van der Waals surface area contributed by atoms with Crippen molar-refractivity contribution in [1.82, 2.24) is 9.97 Å². The average molecular weight is 537 g/mol.